The number of rotatable bonds is 55. The van der Waals surface area contributed by atoms with Crippen molar-refractivity contribution in [2.75, 3.05) is 59.0 Å². The Balaban J connectivity index is 3.33. The molecule has 0 saturated heterocycles. The summed E-state index contributed by atoms with van der Waals surface area (Å²) < 4.78 is 0. The molecule has 0 spiro atoms. The van der Waals surface area contributed by atoms with Crippen LogP contribution in [0.25, 0.3) is 0 Å². The van der Waals surface area contributed by atoms with Gasteiger partial charge in [0.15, 0.2) is 5.96 Å². The third-order valence-electron chi connectivity index (χ3n) is 17.3. The second-order valence-electron chi connectivity index (χ2n) is 27.1. The number of aliphatic hydroxyl groups excluding tert-OH is 2. The Morgan fingerprint density at radius 1 is 0.409 bits per heavy atom. The molecular formula is C69H113N21O25. The number of aliphatic imine (C=N–C) groups is 1. The van der Waals surface area contributed by atoms with Gasteiger partial charge in [0.05, 0.1) is 51.9 Å². The fourth-order valence-corrected chi connectivity index (χ4v) is 10.3. The number of nitrogens with two attached hydrogens (primary N) is 4. The minimum absolute atomic E-state index is 0.0126. The van der Waals surface area contributed by atoms with Crippen molar-refractivity contribution in [3.63, 3.8) is 0 Å². The van der Waals surface area contributed by atoms with Crippen LogP contribution in [0.4, 0.5) is 0 Å². The van der Waals surface area contributed by atoms with E-state index < -0.39 is 274 Å². The number of guanidine groups is 1. The molecule has 16 amide bonds. The van der Waals surface area contributed by atoms with E-state index in [-0.39, 0.29) is 56.0 Å². The molecule has 644 valence electrons. The Morgan fingerprint density at radius 3 is 1.30 bits per heavy atom. The van der Waals surface area contributed by atoms with Crippen molar-refractivity contribution in [3.8, 4) is 5.75 Å². The Kier molecular flexibility index (Phi) is 46.7. The first kappa shape index (κ1) is 101. The number of unbranched alkanes of at least 4 members (excludes halogenated alkanes) is 1. The lowest BCUT2D eigenvalue weighted by molar-refractivity contribution is -0.142. The summed E-state index contributed by atoms with van der Waals surface area (Å²) in [5.41, 5.74) is 22.2. The topological polar surface area (TPSA) is 755 Å². The van der Waals surface area contributed by atoms with Gasteiger partial charge in [-0.3, -0.25) is 96.1 Å². The zero-order valence-corrected chi connectivity index (χ0v) is 65.3. The van der Waals surface area contributed by atoms with Crippen LogP contribution in [0.1, 0.15) is 125 Å². The molecule has 0 fully saturated rings. The first-order chi connectivity index (χ1) is 54.0. The summed E-state index contributed by atoms with van der Waals surface area (Å²) in [4.78, 5) is 253. The van der Waals surface area contributed by atoms with Gasteiger partial charge in [0.2, 0.25) is 94.5 Å². The van der Waals surface area contributed by atoms with Crippen LogP contribution in [0, 0.1) is 17.8 Å². The molecule has 115 heavy (non-hydrogen) atoms. The highest BCUT2D eigenvalue weighted by molar-refractivity contribution is 6.01. The number of carbonyl (C=O) groups is 19. The Labute approximate surface area is 661 Å². The fourth-order valence-electron chi connectivity index (χ4n) is 10.3. The van der Waals surface area contributed by atoms with Crippen molar-refractivity contribution < 1.29 is 122 Å². The van der Waals surface area contributed by atoms with Gasteiger partial charge < -0.3 is 139 Å². The van der Waals surface area contributed by atoms with Gasteiger partial charge in [-0.15, -0.1) is 0 Å². The Bertz CT molecular complexity index is 3550. The van der Waals surface area contributed by atoms with Crippen LogP contribution in [0.2, 0.25) is 0 Å². The number of aliphatic hydroxyl groups is 2. The SMILES string of the molecule is CC[C@H](C)[C@H](NC(=O)CN)C(=O)N[C@@H](CCC(=O)O)C(=O)NCC(=O)NCC(=O)NCC(=O)NCC(=O)N[C@H](C(=O)N[C@H](C(=O)N[C@@H](CCCN=C(N)N)C(=O)N[C@@H](Cc1ccc(O)cc1)C(=O)N[C@@H](C)C(=O)N[C@@H](CC(=O)O)C(=O)N[C@@H](CO)C(=O)N[C@H](C(=O)N[C@@H](CCCCN)C(=O)NCC(=O)O)C(C)C)[C@@H](C)O)[C@@H](C)CC. The van der Waals surface area contributed by atoms with Crippen molar-refractivity contribution >= 4 is 118 Å². The predicted octanol–water partition coefficient (Wildman–Crippen LogP) is -10.4. The zero-order chi connectivity index (χ0) is 87.4. The number of carboxylic acids is 3. The van der Waals surface area contributed by atoms with Crippen molar-refractivity contribution in [3.05, 3.63) is 29.8 Å². The largest absolute Gasteiger partial charge is 0.508 e. The molecule has 0 saturated carbocycles. The van der Waals surface area contributed by atoms with Gasteiger partial charge in [-0.2, -0.15) is 0 Å². The molecule has 14 atom stereocenters. The molecule has 46 nitrogen and oxygen atoms in total. The minimum atomic E-state index is -2.04. The highest BCUT2D eigenvalue weighted by Crippen LogP contribution is 2.16. The van der Waals surface area contributed by atoms with Gasteiger partial charge in [-0.25, -0.2) is 0 Å². The number of carbonyl (C=O) groups excluding carboxylic acids is 16. The Hall–Kier alpha value is -11.9. The number of carboxylic acid groups (broad SMARTS) is 3. The number of aliphatic carboxylic acids is 3. The quantitative estimate of drug-likeness (QED) is 0.0164. The molecule has 0 aromatic heterocycles. The molecular weight excluding hydrogens is 1520 g/mol. The van der Waals surface area contributed by atoms with Crippen molar-refractivity contribution in [1.29, 1.82) is 0 Å². The summed E-state index contributed by atoms with van der Waals surface area (Å²) in [6.45, 7) is 6.37. The number of phenolic OH excluding ortho intramolecular Hbond substituents is 1. The monoisotopic (exact) mass is 1640 g/mol. The fraction of sp³-hybridized carbons (Fsp3) is 0.623. The van der Waals surface area contributed by atoms with Crippen LogP contribution in [-0.4, -0.2) is 281 Å². The second-order valence-corrected chi connectivity index (χ2v) is 27.1. The number of nitrogens with zero attached hydrogens (tertiary/aromatic N) is 1. The summed E-state index contributed by atoms with van der Waals surface area (Å²) in [6, 6.07) is -12.6. The highest BCUT2D eigenvalue weighted by atomic mass is 16.4. The van der Waals surface area contributed by atoms with Crippen LogP contribution in [0.5, 0.6) is 5.75 Å². The van der Waals surface area contributed by atoms with Crippen LogP contribution in [-0.2, 0) is 97.5 Å². The van der Waals surface area contributed by atoms with Gasteiger partial charge in [-0.1, -0.05) is 66.5 Å². The van der Waals surface area contributed by atoms with E-state index in [0.29, 0.717) is 19.3 Å². The number of aromatic hydroxyl groups is 1. The molecule has 0 aliphatic heterocycles. The number of nitrogens with one attached hydrogen (secondary N) is 16. The van der Waals surface area contributed by atoms with Crippen molar-refractivity contribution in [2.24, 2.45) is 45.7 Å². The third kappa shape index (κ3) is 39.9. The highest BCUT2D eigenvalue weighted by Gasteiger charge is 2.39. The molecule has 1 aromatic carbocycles. The lowest BCUT2D eigenvalue weighted by Crippen LogP contribution is -2.62. The average molecular weight is 1640 g/mol. The van der Waals surface area contributed by atoms with Crippen LogP contribution < -0.4 is 108 Å². The van der Waals surface area contributed by atoms with Crippen molar-refractivity contribution in [2.45, 2.75) is 199 Å². The van der Waals surface area contributed by atoms with Crippen LogP contribution in [0.3, 0.4) is 0 Å². The van der Waals surface area contributed by atoms with E-state index >= 15 is 0 Å². The van der Waals surface area contributed by atoms with Gasteiger partial charge in [0.1, 0.15) is 78.8 Å². The normalized spacial score (nSPS) is 14.5. The number of amides is 16. The van der Waals surface area contributed by atoms with Gasteiger partial charge in [0.25, 0.3) is 0 Å². The predicted molar refractivity (Wildman–Crippen MR) is 405 cm³/mol. The van der Waals surface area contributed by atoms with Gasteiger partial charge in [0, 0.05) is 19.4 Å². The number of hydrogen-bond acceptors (Lipinski definition) is 25. The van der Waals surface area contributed by atoms with Crippen LogP contribution in [0.15, 0.2) is 29.3 Å². The van der Waals surface area contributed by atoms with E-state index in [0.717, 1.165) is 13.8 Å². The second kappa shape index (κ2) is 53.1. The zero-order valence-electron chi connectivity index (χ0n) is 65.3. The van der Waals surface area contributed by atoms with E-state index in [1.54, 1.807) is 20.8 Å². The minimum Gasteiger partial charge on any atom is -0.508 e. The summed E-state index contributed by atoms with van der Waals surface area (Å²) in [6.07, 6.45) is -3.31. The maximum absolute atomic E-state index is 14.5. The third-order valence-corrected chi connectivity index (χ3v) is 17.3. The maximum Gasteiger partial charge on any atom is 0.322 e. The molecule has 0 unspecified atom stereocenters. The summed E-state index contributed by atoms with van der Waals surface area (Å²) >= 11 is 0. The van der Waals surface area contributed by atoms with Gasteiger partial charge in [-0.05, 0) is 94.4 Å². The molecule has 0 aliphatic rings. The number of benzene rings is 1. The van der Waals surface area contributed by atoms with Crippen LogP contribution >= 0.6 is 0 Å². The van der Waals surface area contributed by atoms with E-state index in [9.17, 15) is 117 Å². The number of phenols is 1. The molecule has 30 N–H and O–H groups in total. The van der Waals surface area contributed by atoms with Gasteiger partial charge >= 0.3 is 17.9 Å². The Morgan fingerprint density at radius 2 is 0.826 bits per heavy atom. The van der Waals surface area contributed by atoms with E-state index in [1.807, 2.05) is 0 Å². The molecule has 0 bridgehead atoms. The first-order valence-corrected chi connectivity index (χ1v) is 36.9. The molecule has 46 heteroatoms. The standard InChI is InChI=1S/C69H113N21O25/c1-9-34(5)55(87-46(94)26-71)66(113)83-42(20-21-51(99)100)60(107)78-29-49(97)76-27-47(95)75-28-48(96)77-30-50(98)88-56(35(6)10-2)67(114)90-57(37(8)92)68(115)82-41(15-13-23-74-69(72)73)61(108)85-43(24-38-16-18-39(93)19-17-38)62(109)80-36(7)58(105)84-44(25-52(101)102)63(110)86-45(32-91)64(111)89-54(33(3)4)65(112)81-40(14-11-12-22-70)59(106)79-31-53(103)104/h16-19,33-37,40-45,54-57,91-93H,9-15,20-32,70-71H2,1-8H3,(H,75,95)(H,76,97)(H,77,96)(H,78,107)(H,79,106)(H,80,109)(H,81,112)(H,82,115)(H,83,113)(H,84,105)(H,85,108)(H,86,110)(H,87,94)(H,88,98)(H,89,111)(H,90,114)(H,99,100)(H,101,102)(H,103,104)(H4,72,73,74)/t34-,35-,36-,37+,40-,41-,42-,43-,44-,45-,54-,55-,56-,57-/m0/s1. The molecule has 1 aromatic rings. The molecule has 1 rings (SSSR count). The number of hydrogen-bond donors (Lipinski definition) is 26. The summed E-state index contributed by atoms with van der Waals surface area (Å²) in [5, 5.41) is 96.3. The maximum atomic E-state index is 14.5. The van der Waals surface area contributed by atoms with Crippen molar-refractivity contribution in [1.82, 2.24) is 85.1 Å². The van der Waals surface area contributed by atoms with E-state index in [4.69, 9.17) is 28.0 Å². The summed E-state index contributed by atoms with van der Waals surface area (Å²) in [7, 11) is 0. The average Bonchev–Trinajstić information content (AvgIpc) is 0.867. The summed E-state index contributed by atoms with van der Waals surface area (Å²) in [5.74, 6) is -23.1. The lowest BCUT2D eigenvalue weighted by Gasteiger charge is -2.29. The smallest absolute Gasteiger partial charge is 0.322 e. The first-order valence-electron chi connectivity index (χ1n) is 36.9. The lowest BCUT2D eigenvalue weighted by atomic mass is 9.97. The van der Waals surface area contributed by atoms with E-state index in [2.05, 4.69) is 90.1 Å². The molecule has 0 heterocycles. The molecule has 0 radical (unpaired) electrons. The molecule has 0 aliphatic carbocycles. The van der Waals surface area contributed by atoms with E-state index in [1.165, 1.54) is 45.0 Å².